The van der Waals surface area contributed by atoms with Crippen molar-refractivity contribution in [2.75, 3.05) is 32.1 Å². The first-order valence-electron chi connectivity index (χ1n) is 9.58. The van der Waals surface area contributed by atoms with Crippen LogP contribution in [0.4, 0.5) is 5.82 Å². The van der Waals surface area contributed by atoms with Crippen molar-refractivity contribution >= 4 is 34.7 Å². The number of nitrogens with one attached hydrogen (secondary N) is 2. The van der Waals surface area contributed by atoms with Gasteiger partial charge < -0.3 is 15.4 Å². The van der Waals surface area contributed by atoms with Gasteiger partial charge in [-0.1, -0.05) is 18.5 Å². The summed E-state index contributed by atoms with van der Waals surface area (Å²) >= 11 is 7.57. The molecular weight excluding hydrogens is 396 g/mol. The lowest BCUT2D eigenvalue weighted by Crippen LogP contribution is -2.38. The highest BCUT2D eigenvalue weighted by Gasteiger charge is 2.36. The zero-order valence-corrected chi connectivity index (χ0v) is 18.5. The largest absolute Gasteiger partial charge is 0.384 e. The van der Waals surface area contributed by atoms with E-state index in [4.69, 9.17) is 21.4 Å². The highest BCUT2D eigenvalue weighted by molar-refractivity contribution is 7.16. The third-order valence-corrected chi connectivity index (χ3v) is 6.62. The van der Waals surface area contributed by atoms with Crippen molar-refractivity contribution in [2.24, 2.45) is 5.41 Å². The Morgan fingerprint density at radius 2 is 2.14 bits per heavy atom. The van der Waals surface area contributed by atoms with E-state index in [2.05, 4.69) is 17.6 Å². The molecule has 2 N–H and O–H groups in total. The number of carbonyl (C=O) groups excluding carboxylic acids is 1. The Morgan fingerprint density at radius 1 is 1.43 bits per heavy atom. The number of rotatable bonds is 7. The van der Waals surface area contributed by atoms with E-state index in [1.165, 1.54) is 16.0 Å². The summed E-state index contributed by atoms with van der Waals surface area (Å²) in [6, 6.07) is 5.91. The second-order valence-electron chi connectivity index (χ2n) is 8.32. The quantitative estimate of drug-likeness (QED) is 0.698. The Morgan fingerprint density at radius 3 is 2.75 bits per heavy atom. The summed E-state index contributed by atoms with van der Waals surface area (Å²) in [4.78, 5) is 14.4. The van der Waals surface area contributed by atoms with Gasteiger partial charge in [-0.2, -0.15) is 9.78 Å². The van der Waals surface area contributed by atoms with Crippen LogP contribution in [-0.4, -0.2) is 42.5 Å². The predicted octanol–water partition coefficient (Wildman–Crippen LogP) is 4.16. The molecule has 2 aromatic heterocycles. The average molecular weight is 425 g/mol. The summed E-state index contributed by atoms with van der Waals surface area (Å²) in [5.41, 5.74) is 0.253. The van der Waals surface area contributed by atoms with Crippen molar-refractivity contribution in [3.8, 4) is 0 Å². The number of carbonyl (C=O) groups is 1. The summed E-state index contributed by atoms with van der Waals surface area (Å²) in [6.07, 6.45) is 2.00. The zero-order valence-electron chi connectivity index (χ0n) is 17.0. The maximum atomic E-state index is 13.2. The fraction of sp³-hybridized carbons (Fsp3) is 0.600. The summed E-state index contributed by atoms with van der Waals surface area (Å²) in [5.74, 6) is 0.637. The van der Waals surface area contributed by atoms with Crippen LogP contribution in [-0.2, 0) is 16.7 Å². The Bertz CT molecular complexity index is 824. The van der Waals surface area contributed by atoms with Crippen molar-refractivity contribution < 1.29 is 9.53 Å². The van der Waals surface area contributed by atoms with Gasteiger partial charge in [-0.25, -0.2) is 0 Å². The monoisotopic (exact) mass is 424 g/mol. The number of ether oxygens (including phenoxy) is 1. The molecule has 0 atom stereocenters. The summed E-state index contributed by atoms with van der Waals surface area (Å²) < 4.78 is 7.54. The molecule has 1 fully saturated rings. The molecule has 3 rings (SSSR count). The van der Waals surface area contributed by atoms with Crippen LogP contribution >= 0.6 is 22.9 Å². The molecule has 0 unspecified atom stereocenters. The lowest BCUT2D eigenvalue weighted by Gasteiger charge is -2.32. The van der Waals surface area contributed by atoms with Gasteiger partial charge >= 0.3 is 0 Å². The number of methoxy groups -OCH3 is 1. The zero-order chi connectivity index (χ0) is 20.4. The molecule has 3 heterocycles. The van der Waals surface area contributed by atoms with Crippen molar-refractivity contribution in [2.45, 2.75) is 45.6 Å². The minimum absolute atomic E-state index is 0.0369. The number of hydrogen-bond donors (Lipinski definition) is 2. The SMILES string of the molecule is COCC(C)(C)C(=O)n1nc(C2(C)CCNCC2)cc1NCc1ccc(Cl)s1. The molecule has 8 heteroatoms. The highest BCUT2D eigenvalue weighted by atomic mass is 35.5. The molecule has 0 bridgehead atoms. The van der Waals surface area contributed by atoms with Gasteiger partial charge in [0.05, 0.1) is 28.6 Å². The third-order valence-electron chi connectivity index (χ3n) is 5.38. The van der Waals surface area contributed by atoms with E-state index in [-0.39, 0.29) is 11.3 Å². The summed E-state index contributed by atoms with van der Waals surface area (Å²) in [5, 5.41) is 11.6. The van der Waals surface area contributed by atoms with E-state index in [1.807, 2.05) is 32.0 Å². The molecule has 154 valence electrons. The summed E-state index contributed by atoms with van der Waals surface area (Å²) in [6.45, 7) is 8.85. The molecule has 0 amide bonds. The number of hydrogen-bond acceptors (Lipinski definition) is 6. The van der Waals surface area contributed by atoms with Gasteiger partial charge in [0, 0.05) is 23.5 Å². The maximum absolute atomic E-state index is 13.2. The fourth-order valence-corrected chi connectivity index (χ4v) is 4.55. The van der Waals surface area contributed by atoms with Gasteiger partial charge in [0.1, 0.15) is 5.82 Å². The van der Waals surface area contributed by atoms with E-state index in [0.29, 0.717) is 19.0 Å². The van der Waals surface area contributed by atoms with Crippen LogP contribution in [0.15, 0.2) is 18.2 Å². The minimum Gasteiger partial charge on any atom is -0.384 e. The molecule has 0 aromatic carbocycles. The second-order valence-corrected chi connectivity index (χ2v) is 10.1. The Hall–Kier alpha value is -1.41. The number of aromatic nitrogens is 2. The van der Waals surface area contributed by atoms with Crippen LogP contribution in [0.1, 0.15) is 49.0 Å². The predicted molar refractivity (Wildman–Crippen MR) is 115 cm³/mol. The minimum atomic E-state index is -0.671. The highest BCUT2D eigenvalue weighted by Crippen LogP contribution is 2.34. The van der Waals surface area contributed by atoms with Gasteiger partial charge in [-0.3, -0.25) is 4.79 Å². The Labute approximate surface area is 175 Å². The van der Waals surface area contributed by atoms with Crippen LogP contribution < -0.4 is 10.6 Å². The van der Waals surface area contributed by atoms with Gasteiger partial charge in [0.25, 0.3) is 5.91 Å². The van der Waals surface area contributed by atoms with E-state index >= 15 is 0 Å². The molecule has 0 radical (unpaired) electrons. The van der Waals surface area contributed by atoms with Crippen LogP contribution in [0.2, 0.25) is 4.34 Å². The number of thiophene rings is 1. The normalized spacial score (nSPS) is 16.9. The van der Waals surface area contributed by atoms with Crippen molar-refractivity contribution in [3.05, 3.63) is 33.1 Å². The van der Waals surface area contributed by atoms with Gasteiger partial charge in [0.2, 0.25) is 0 Å². The van der Waals surface area contributed by atoms with Gasteiger partial charge in [0.15, 0.2) is 0 Å². The molecule has 0 aliphatic carbocycles. The fourth-order valence-electron chi connectivity index (χ4n) is 3.53. The van der Waals surface area contributed by atoms with Gasteiger partial charge in [-0.15, -0.1) is 11.3 Å². The number of piperidine rings is 1. The first kappa shape index (κ1) is 21.3. The standard InChI is InChI=1S/C20H29ClN4O2S/c1-19(2,13-27-4)18(26)25-17(23-12-14-5-6-16(21)28-14)11-15(24-25)20(3)7-9-22-10-8-20/h5-6,11,22-23H,7-10,12-13H2,1-4H3. The van der Waals surface area contributed by atoms with E-state index in [0.717, 1.165) is 40.8 Å². The molecule has 1 aliphatic heterocycles. The molecule has 0 saturated carbocycles. The number of anilines is 1. The van der Waals surface area contributed by atoms with E-state index in [9.17, 15) is 4.79 Å². The molecule has 6 nitrogen and oxygen atoms in total. The Kier molecular flexibility index (Phi) is 6.49. The van der Waals surface area contributed by atoms with Crippen molar-refractivity contribution in [1.82, 2.24) is 15.1 Å². The summed E-state index contributed by atoms with van der Waals surface area (Å²) in [7, 11) is 1.61. The smallest absolute Gasteiger partial charge is 0.256 e. The third kappa shape index (κ3) is 4.59. The molecule has 28 heavy (non-hydrogen) atoms. The molecule has 0 spiro atoms. The average Bonchev–Trinajstić information content (AvgIpc) is 3.26. The molecule has 1 saturated heterocycles. The van der Waals surface area contributed by atoms with Crippen molar-refractivity contribution in [1.29, 1.82) is 0 Å². The Balaban J connectivity index is 1.91. The molecule has 1 aliphatic rings. The first-order chi connectivity index (χ1) is 13.2. The molecule has 2 aromatic rings. The molecular formula is C20H29ClN4O2S. The lowest BCUT2D eigenvalue weighted by molar-refractivity contribution is 0.0528. The van der Waals surface area contributed by atoms with Gasteiger partial charge in [-0.05, 0) is 51.9 Å². The maximum Gasteiger partial charge on any atom is 0.256 e. The van der Waals surface area contributed by atoms with Crippen LogP contribution in [0, 0.1) is 5.41 Å². The number of halogens is 1. The topological polar surface area (TPSA) is 68.2 Å². The second kappa shape index (κ2) is 8.53. The first-order valence-corrected chi connectivity index (χ1v) is 10.8. The van der Waals surface area contributed by atoms with Crippen LogP contribution in [0.3, 0.4) is 0 Å². The van der Waals surface area contributed by atoms with Crippen molar-refractivity contribution in [3.63, 3.8) is 0 Å². The van der Waals surface area contributed by atoms with Crippen LogP contribution in [0.25, 0.3) is 0 Å². The van der Waals surface area contributed by atoms with Crippen LogP contribution in [0.5, 0.6) is 0 Å². The van der Waals surface area contributed by atoms with E-state index in [1.54, 1.807) is 7.11 Å². The van der Waals surface area contributed by atoms with E-state index < -0.39 is 5.41 Å². The number of nitrogens with zero attached hydrogens (tertiary/aromatic N) is 2. The lowest BCUT2D eigenvalue weighted by atomic mass is 9.78.